The normalized spacial score (nSPS) is 15.7. The lowest BCUT2D eigenvalue weighted by Gasteiger charge is -2.14. The number of nitrogens with zero attached hydrogens (tertiary/aromatic N) is 1. The first-order valence-corrected chi connectivity index (χ1v) is 4.81. The number of carbonyl (C=O) groups excluding carboxylic acids is 1. The van der Waals surface area contributed by atoms with Crippen molar-refractivity contribution in [2.75, 3.05) is 19.9 Å². The van der Waals surface area contributed by atoms with Crippen molar-refractivity contribution >= 4 is 5.91 Å². The third-order valence-corrected chi connectivity index (χ3v) is 2.46. The minimum atomic E-state index is -0.318. The van der Waals surface area contributed by atoms with Crippen LogP contribution in [0.25, 0.3) is 0 Å². The molecule has 2 rings (SSSR count). The lowest BCUT2D eigenvalue weighted by Crippen LogP contribution is -2.28. The summed E-state index contributed by atoms with van der Waals surface area (Å²) >= 11 is 0. The molecule has 0 atom stereocenters. The van der Waals surface area contributed by atoms with Gasteiger partial charge in [-0.15, -0.1) is 0 Å². The lowest BCUT2D eigenvalue weighted by atomic mass is 10.1. The van der Waals surface area contributed by atoms with Crippen molar-refractivity contribution in [2.45, 2.75) is 6.92 Å². The van der Waals surface area contributed by atoms with Crippen LogP contribution in [0.15, 0.2) is 18.2 Å². The van der Waals surface area contributed by atoms with Gasteiger partial charge in [0.25, 0.3) is 5.91 Å². The average molecular weight is 209 g/mol. The monoisotopic (exact) mass is 209 g/mol. The Morgan fingerprint density at radius 2 is 2.33 bits per heavy atom. The number of halogens is 1. The summed E-state index contributed by atoms with van der Waals surface area (Å²) in [4.78, 5) is 13.5. The fourth-order valence-corrected chi connectivity index (χ4v) is 1.61. The molecule has 3 nitrogen and oxygen atoms in total. The number of benzene rings is 1. The second-order valence-corrected chi connectivity index (χ2v) is 3.57. The highest BCUT2D eigenvalue weighted by Crippen LogP contribution is 2.14. The average Bonchev–Trinajstić information content (AvgIpc) is 2.69. The van der Waals surface area contributed by atoms with Crippen molar-refractivity contribution in [1.29, 1.82) is 0 Å². The second kappa shape index (κ2) is 3.98. The molecule has 80 valence electrons. The predicted molar refractivity (Wildman–Crippen MR) is 53.0 cm³/mol. The van der Waals surface area contributed by atoms with E-state index in [0.717, 1.165) is 0 Å². The molecule has 0 N–H and O–H groups in total. The number of ether oxygens (including phenoxy) is 1. The lowest BCUT2D eigenvalue weighted by molar-refractivity contribution is 0.0694. The quantitative estimate of drug-likeness (QED) is 0.702. The van der Waals surface area contributed by atoms with E-state index in [1.54, 1.807) is 11.8 Å². The molecule has 0 radical (unpaired) electrons. The Labute approximate surface area is 87.5 Å². The van der Waals surface area contributed by atoms with E-state index in [4.69, 9.17) is 4.74 Å². The molecule has 4 heteroatoms. The Morgan fingerprint density at radius 3 is 2.93 bits per heavy atom. The number of rotatable bonds is 1. The molecule has 0 aliphatic carbocycles. The van der Waals surface area contributed by atoms with Crippen molar-refractivity contribution in [1.82, 2.24) is 4.90 Å². The number of aryl methyl sites for hydroxylation is 1. The fourth-order valence-electron chi connectivity index (χ4n) is 1.61. The Morgan fingerprint density at radius 1 is 1.53 bits per heavy atom. The SMILES string of the molecule is Cc1cc(F)ccc1C(=O)N1CCOC1. The van der Waals surface area contributed by atoms with Gasteiger partial charge in [-0.25, -0.2) is 4.39 Å². The van der Waals surface area contributed by atoms with Crippen molar-refractivity contribution in [2.24, 2.45) is 0 Å². The van der Waals surface area contributed by atoms with Gasteiger partial charge in [-0.2, -0.15) is 0 Å². The Hall–Kier alpha value is -1.42. The number of amides is 1. The Balaban J connectivity index is 2.24. The summed E-state index contributed by atoms with van der Waals surface area (Å²) in [7, 11) is 0. The van der Waals surface area contributed by atoms with Crippen LogP contribution in [0, 0.1) is 12.7 Å². The van der Waals surface area contributed by atoms with Gasteiger partial charge in [-0.05, 0) is 30.7 Å². The smallest absolute Gasteiger partial charge is 0.256 e. The molecule has 0 saturated carbocycles. The van der Waals surface area contributed by atoms with Crippen LogP contribution in [-0.2, 0) is 4.74 Å². The van der Waals surface area contributed by atoms with Gasteiger partial charge in [-0.3, -0.25) is 4.79 Å². The van der Waals surface area contributed by atoms with Crippen LogP contribution in [0.3, 0.4) is 0 Å². The molecular formula is C11H12FNO2. The molecule has 15 heavy (non-hydrogen) atoms. The summed E-state index contributed by atoms with van der Waals surface area (Å²) in [6.45, 7) is 3.24. The highest BCUT2D eigenvalue weighted by atomic mass is 19.1. The summed E-state index contributed by atoms with van der Waals surface area (Å²) in [6.07, 6.45) is 0. The maximum atomic E-state index is 12.8. The first kappa shape index (κ1) is 10.1. The maximum Gasteiger partial charge on any atom is 0.256 e. The molecule has 0 unspecified atom stereocenters. The number of carbonyl (C=O) groups is 1. The highest BCUT2D eigenvalue weighted by molar-refractivity contribution is 5.95. The third-order valence-electron chi connectivity index (χ3n) is 2.46. The number of hydrogen-bond acceptors (Lipinski definition) is 2. The molecule has 1 aromatic rings. The van der Waals surface area contributed by atoms with Gasteiger partial charge >= 0.3 is 0 Å². The molecule has 0 spiro atoms. The van der Waals surface area contributed by atoms with Crippen molar-refractivity contribution in [3.8, 4) is 0 Å². The van der Waals surface area contributed by atoms with Crippen LogP contribution in [-0.4, -0.2) is 30.7 Å². The van der Waals surface area contributed by atoms with Crippen LogP contribution in [0.1, 0.15) is 15.9 Å². The standard InChI is InChI=1S/C11H12FNO2/c1-8-6-9(12)2-3-10(8)11(14)13-4-5-15-7-13/h2-3,6H,4-5,7H2,1H3. The predicted octanol–water partition coefficient (Wildman–Crippen LogP) is 1.56. The largest absolute Gasteiger partial charge is 0.359 e. The van der Waals surface area contributed by atoms with Gasteiger partial charge < -0.3 is 9.64 Å². The van der Waals surface area contributed by atoms with E-state index in [2.05, 4.69) is 0 Å². The minimum Gasteiger partial charge on any atom is -0.359 e. The highest BCUT2D eigenvalue weighted by Gasteiger charge is 2.21. The van der Waals surface area contributed by atoms with Gasteiger partial charge in [0.1, 0.15) is 12.5 Å². The van der Waals surface area contributed by atoms with Crippen LogP contribution in [0.2, 0.25) is 0 Å². The molecular weight excluding hydrogens is 197 g/mol. The van der Waals surface area contributed by atoms with E-state index in [9.17, 15) is 9.18 Å². The van der Waals surface area contributed by atoms with Gasteiger partial charge in [0, 0.05) is 12.1 Å². The summed E-state index contributed by atoms with van der Waals surface area (Å²) in [5.41, 5.74) is 1.20. The van der Waals surface area contributed by atoms with Gasteiger partial charge in [0.2, 0.25) is 0 Å². The molecule has 1 fully saturated rings. The van der Waals surface area contributed by atoms with E-state index >= 15 is 0 Å². The molecule has 1 saturated heterocycles. The summed E-state index contributed by atoms with van der Waals surface area (Å²) < 4.78 is 17.9. The fraction of sp³-hybridized carbons (Fsp3) is 0.364. The van der Waals surface area contributed by atoms with Crippen molar-refractivity contribution < 1.29 is 13.9 Å². The molecule has 1 heterocycles. The molecule has 1 amide bonds. The van der Waals surface area contributed by atoms with Crippen LogP contribution in [0.4, 0.5) is 4.39 Å². The van der Waals surface area contributed by atoms with Crippen LogP contribution in [0.5, 0.6) is 0 Å². The van der Waals surface area contributed by atoms with Crippen molar-refractivity contribution in [3.05, 3.63) is 35.1 Å². The first-order chi connectivity index (χ1) is 7.18. The summed E-state index contributed by atoms with van der Waals surface area (Å²) in [6, 6.07) is 4.19. The van der Waals surface area contributed by atoms with Gasteiger partial charge in [0.05, 0.1) is 6.61 Å². The number of hydrogen-bond donors (Lipinski definition) is 0. The first-order valence-electron chi connectivity index (χ1n) is 4.81. The Kier molecular flexibility index (Phi) is 2.68. The summed E-state index contributed by atoms with van der Waals surface area (Å²) in [5.74, 6) is -0.410. The molecule has 1 aromatic carbocycles. The van der Waals surface area contributed by atoms with Crippen LogP contribution < -0.4 is 0 Å². The van der Waals surface area contributed by atoms with E-state index in [0.29, 0.717) is 31.0 Å². The zero-order chi connectivity index (χ0) is 10.8. The molecule has 0 aromatic heterocycles. The second-order valence-electron chi connectivity index (χ2n) is 3.57. The third kappa shape index (κ3) is 1.99. The van der Waals surface area contributed by atoms with Gasteiger partial charge in [-0.1, -0.05) is 0 Å². The van der Waals surface area contributed by atoms with Crippen LogP contribution >= 0.6 is 0 Å². The Bertz CT molecular complexity index is 386. The topological polar surface area (TPSA) is 29.5 Å². The van der Waals surface area contributed by atoms with E-state index in [1.165, 1.54) is 18.2 Å². The van der Waals surface area contributed by atoms with Crippen molar-refractivity contribution in [3.63, 3.8) is 0 Å². The zero-order valence-corrected chi connectivity index (χ0v) is 8.50. The summed E-state index contributed by atoms with van der Waals surface area (Å²) in [5, 5.41) is 0. The van der Waals surface area contributed by atoms with Gasteiger partial charge in [0.15, 0.2) is 0 Å². The maximum absolute atomic E-state index is 12.8. The van der Waals surface area contributed by atoms with E-state index in [-0.39, 0.29) is 11.7 Å². The molecule has 0 bridgehead atoms. The van der Waals surface area contributed by atoms with E-state index in [1.807, 2.05) is 0 Å². The zero-order valence-electron chi connectivity index (χ0n) is 8.50. The molecule has 1 aliphatic rings. The minimum absolute atomic E-state index is 0.0926. The molecule has 1 aliphatic heterocycles. The van der Waals surface area contributed by atoms with E-state index < -0.39 is 0 Å².